The van der Waals surface area contributed by atoms with Crippen molar-refractivity contribution in [2.75, 3.05) is 53.2 Å². The molecule has 2 fully saturated rings. The molecule has 34 heavy (non-hydrogen) atoms. The third kappa shape index (κ3) is 7.10. The number of carbonyl (C=O) groups is 2. The molecular formula is C25H35ClN2O6. The Kier molecular flexibility index (Phi) is 10.0. The molecule has 0 spiro atoms. The molecule has 188 valence electrons. The van der Waals surface area contributed by atoms with E-state index in [2.05, 4.69) is 10.2 Å². The van der Waals surface area contributed by atoms with Gasteiger partial charge in [-0.1, -0.05) is 30.9 Å². The van der Waals surface area contributed by atoms with Gasteiger partial charge < -0.3 is 24.3 Å². The highest BCUT2D eigenvalue weighted by Crippen LogP contribution is 2.37. The normalized spacial score (nSPS) is 18.4. The molecule has 0 unspecified atom stereocenters. The Balaban J connectivity index is 1.50. The summed E-state index contributed by atoms with van der Waals surface area (Å²) in [6, 6.07) is 3.38. The van der Waals surface area contributed by atoms with Crippen LogP contribution in [0.2, 0.25) is 5.02 Å². The van der Waals surface area contributed by atoms with Gasteiger partial charge in [-0.05, 0) is 43.5 Å². The second-order valence-corrected chi connectivity index (χ2v) is 8.98. The van der Waals surface area contributed by atoms with Gasteiger partial charge in [0.2, 0.25) is 0 Å². The smallest absolute Gasteiger partial charge is 0.331 e. The van der Waals surface area contributed by atoms with E-state index < -0.39 is 5.97 Å². The zero-order valence-corrected chi connectivity index (χ0v) is 20.8. The fourth-order valence-electron chi connectivity index (χ4n) is 4.66. The summed E-state index contributed by atoms with van der Waals surface area (Å²) < 4.78 is 21.4. The van der Waals surface area contributed by atoms with Crippen LogP contribution in [0, 0.1) is 0 Å². The van der Waals surface area contributed by atoms with Crippen molar-refractivity contribution in [3.63, 3.8) is 0 Å². The minimum absolute atomic E-state index is 0.0342. The van der Waals surface area contributed by atoms with Crippen molar-refractivity contribution in [3.05, 3.63) is 28.8 Å². The molecule has 2 aliphatic rings. The maximum absolute atomic E-state index is 12.4. The van der Waals surface area contributed by atoms with Crippen molar-refractivity contribution in [1.29, 1.82) is 0 Å². The molecule has 3 rings (SSSR count). The molecule has 0 bridgehead atoms. The maximum atomic E-state index is 12.4. The number of amides is 1. The van der Waals surface area contributed by atoms with Gasteiger partial charge in [0.1, 0.15) is 0 Å². The molecule has 1 aliphatic heterocycles. The molecule has 9 heteroatoms. The first-order chi connectivity index (χ1) is 16.5. The Morgan fingerprint density at radius 3 is 2.62 bits per heavy atom. The van der Waals surface area contributed by atoms with Crippen LogP contribution in [0.4, 0.5) is 0 Å². The number of nitrogens with one attached hydrogen (secondary N) is 1. The van der Waals surface area contributed by atoms with Gasteiger partial charge in [0.05, 0.1) is 32.0 Å². The number of nitrogens with zero attached hydrogens (tertiary/aromatic N) is 1. The number of hydrogen-bond acceptors (Lipinski definition) is 7. The van der Waals surface area contributed by atoms with Gasteiger partial charge in [-0.2, -0.15) is 0 Å². The van der Waals surface area contributed by atoms with Crippen molar-refractivity contribution >= 4 is 29.6 Å². The lowest BCUT2D eigenvalue weighted by Gasteiger charge is -2.48. The molecule has 1 aromatic rings. The van der Waals surface area contributed by atoms with Crippen LogP contribution in [0.25, 0.3) is 6.08 Å². The monoisotopic (exact) mass is 494 g/mol. The molecule has 0 atom stereocenters. The van der Waals surface area contributed by atoms with Gasteiger partial charge in [-0.25, -0.2) is 4.79 Å². The largest absolute Gasteiger partial charge is 0.491 e. The van der Waals surface area contributed by atoms with E-state index in [0.717, 1.165) is 52.0 Å². The molecule has 1 aliphatic carbocycles. The number of esters is 1. The van der Waals surface area contributed by atoms with Crippen molar-refractivity contribution in [2.45, 2.75) is 44.6 Å². The van der Waals surface area contributed by atoms with Crippen LogP contribution in [0.3, 0.4) is 0 Å². The summed E-state index contributed by atoms with van der Waals surface area (Å²) in [5, 5.41) is 3.36. The van der Waals surface area contributed by atoms with Crippen LogP contribution in [-0.4, -0.2) is 75.5 Å². The summed E-state index contributed by atoms with van der Waals surface area (Å²) in [6.07, 6.45) is 8.49. The molecule has 1 aromatic carbocycles. The first-order valence-electron chi connectivity index (χ1n) is 11.9. The minimum Gasteiger partial charge on any atom is -0.491 e. The third-order valence-corrected chi connectivity index (χ3v) is 6.65. The first kappa shape index (κ1) is 26.3. The number of carbonyl (C=O) groups excluding carboxylic acids is 2. The Morgan fingerprint density at radius 2 is 1.94 bits per heavy atom. The summed E-state index contributed by atoms with van der Waals surface area (Å²) in [5.74, 6) is 0.0150. The van der Waals surface area contributed by atoms with Crippen LogP contribution < -0.4 is 14.8 Å². The SMILES string of the molecule is CCOc1cc(/C=C/C(=O)OCC(=O)NCC2(N3CCOCC3)CCCCC2)cc(Cl)c1OC. The first-order valence-corrected chi connectivity index (χ1v) is 12.3. The number of benzene rings is 1. The molecular weight excluding hydrogens is 460 g/mol. The second kappa shape index (κ2) is 13.0. The predicted octanol–water partition coefficient (Wildman–Crippen LogP) is 3.46. The van der Waals surface area contributed by atoms with E-state index in [1.807, 2.05) is 6.92 Å². The third-order valence-electron chi connectivity index (χ3n) is 6.37. The number of methoxy groups -OCH3 is 1. The Bertz CT molecular complexity index is 863. The molecule has 1 amide bonds. The number of hydrogen-bond donors (Lipinski definition) is 1. The number of morpholine rings is 1. The molecule has 0 radical (unpaired) electrons. The fraction of sp³-hybridized carbons (Fsp3) is 0.600. The van der Waals surface area contributed by atoms with Gasteiger partial charge in [0, 0.05) is 31.2 Å². The van der Waals surface area contributed by atoms with Crippen LogP contribution in [-0.2, 0) is 19.1 Å². The lowest BCUT2D eigenvalue weighted by atomic mass is 9.79. The zero-order chi connectivity index (χ0) is 24.4. The second-order valence-electron chi connectivity index (χ2n) is 8.57. The topological polar surface area (TPSA) is 86.3 Å². The fourth-order valence-corrected chi connectivity index (χ4v) is 4.96. The zero-order valence-electron chi connectivity index (χ0n) is 20.1. The van der Waals surface area contributed by atoms with Crippen LogP contribution >= 0.6 is 11.6 Å². The Labute approximate surface area is 206 Å². The standard InChI is InChI=1S/C25H35ClN2O6/c1-3-33-21-16-19(15-20(26)24(21)31-2)7-8-23(30)34-17-22(29)27-18-25(9-5-4-6-10-25)28-11-13-32-14-12-28/h7-8,15-16H,3-6,9-14,17-18H2,1-2H3,(H,27,29)/b8-7+. The van der Waals surface area contributed by atoms with Crippen molar-refractivity contribution in [3.8, 4) is 11.5 Å². The van der Waals surface area contributed by atoms with Crippen LogP contribution in [0.15, 0.2) is 18.2 Å². The number of ether oxygens (including phenoxy) is 4. The van der Waals surface area contributed by atoms with Crippen molar-refractivity contribution in [1.82, 2.24) is 10.2 Å². The van der Waals surface area contributed by atoms with Crippen molar-refractivity contribution < 1.29 is 28.5 Å². The molecule has 0 aromatic heterocycles. The highest BCUT2D eigenvalue weighted by Gasteiger charge is 2.38. The summed E-state index contributed by atoms with van der Waals surface area (Å²) in [7, 11) is 1.51. The van der Waals surface area contributed by atoms with Gasteiger partial charge in [0.25, 0.3) is 5.91 Å². The quantitative estimate of drug-likeness (QED) is 0.393. The predicted molar refractivity (Wildman–Crippen MR) is 130 cm³/mol. The van der Waals surface area contributed by atoms with E-state index in [9.17, 15) is 9.59 Å². The highest BCUT2D eigenvalue weighted by atomic mass is 35.5. The lowest BCUT2D eigenvalue weighted by Crippen LogP contribution is -2.59. The number of rotatable bonds is 10. The average Bonchev–Trinajstić information content (AvgIpc) is 2.86. The maximum Gasteiger partial charge on any atom is 0.331 e. The van der Waals surface area contributed by atoms with E-state index in [4.69, 9.17) is 30.5 Å². The summed E-state index contributed by atoms with van der Waals surface area (Å²) in [4.78, 5) is 27.0. The van der Waals surface area contributed by atoms with Gasteiger partial charge in [0.15, 0.2) is 18.1 Å². The highest BCUT2D eigenvalue weighted by molar-refractivity contribution is 6.32. The summed E-state index contributed by atoms with van der Waals surface area (Å²) in [5.41, 5.74) is 0.619. The van der Waals surface area contributed by atoms with E-state index in [1.54, 1.807) is 18.2 Å². The Hall–Kier alpha value is -2.29. The van der Waals surface area contributed by atoms with Crippen LogP contribution in [0.1, 0.15) is 44.6 Å². The average molecular weight is 495 g/mol. The minimum atomic E-state index is -0.611. The molecule has 1 heterocycles. The van der Waals surface area contributed by atoms with Crippen molar-refractivity contribution in [2.24, 2.45) is 0 Å². The van der Waals surface area contributed by atoms with E-state index in [-0.39, 0.29) is 18.1 Å². The van der Waals surface area contributed by atoms with Gasteiger partial charge in [-0.15, -0.1) is 0 Å². The summed E-state index contributed by atoms with van der Waals surface area (Å²) in [6.45, 7) is 5.77. The molecule has 1 saturated carbocycles. The van der Waals surface area contributed by atoms with E-state index in [1.165, 1.54) is 19.6 Å². The molecule has 1 N–H and O–H groups in total. The lowest BCUT2D eigenvalue weighted by molar-refractivity contribution is -0.144. The summed E-state index contributed by atoms with van der Waals surface area (Å²) >= 11 is 6.24. The number of halogens is 1. The van der Waals surface area contributed by atoms with Crippen LogP contribution in [0.5, 0.6) is 11.5 Å². The van der Waals surface area contributed by atoms with E-state index >= 15 is 0 Å². The molecule has 1 saturated heterocycles. The molecule has 8 nitrogen and oxygen atoms in total. The van der Waals surface area contributed by atoms with Gasteiger partial charge >= 0.3 is 5.97 Å². The van der Waals surface area contributed by atoms with Gasteiger partial charge in [-0.3, -0.25) is 9.69 Å². The van der Waals surface area contributed by atoms with E-state index in [0.29, 0.717) is 35.2 Å². The Morgan fingerprint density at radius 1 is 1.21 bits per heavy atom.